The van der Waals surface area contributed by atoms with Gasteiger partial charge >= 0.3 is 11.9 Å². The Morgan fingerprint density at radius 1 is 0.806 bits per heavy atom. The molecule has 15 heteroatoms. The molecule has 0 saturated heterocycles. The van der Waals surface area contributed by atoms with E-state index in [-0.39, 0.29) is 31.4 Å². The number of hydrogen-bond donors (Lipinski definition) is 9. The minimum absolute atomic E-state index is 0.175. The van der Waals surface area contributed by atoms with Gasteiger partial charge in [0.05, 0.1) is 12.6 Å². The molecule has 0 aliphatic heterocycles. The number of aliphatic hydroxyl groups is 1. The molecule has 10 N–H and O–H groups in total. The van der Waals surface area contributed by atoms with Gasteiger partial charge in [-0.25, -0.2) is 4.79 Å². The Morgan fingerprint density at radius 3 is 1.77 bits per heavy atom. The third kappa shape index (κ3) is 11.2. The Kier molecular flexibility index (Phi) is 12.8. The summed E-state index contributed by atoms with van der Waals surface area (Å²) in [6, 6.07) is -5.54. The lowest BCUT2D eigenvalue weighted by Gasteiger charge is -2.23. The molecule has 0 aromatic carbocycles. The summed E-state index contributed by atoms with van der Waals surface area (Å²) in [5.74, 6) is -6.40. The third-order valence-corrected chi connectivity index (χ3v) is 4.30. The van der Waals surface area contributed by atoms with Crippen LogP contribution >= 0.6 is 12.6 Å². The summed E-state index contributed by atoms with van der Waals surface area (Å²) in [4.78, 5) is 69.1. The number of aliphatic carboxylic acids is 2. The molecule has 0 rings (SSSR count). The van der Waals surface area contributed by atoms with Crippen LogP contribution in [-0.4, -0.2) is 87.4 Å². The van der Waals surface area contributed by atoms with E-state index < -0.39 is 66.3 Å². The van der Waals surface area contributed by atoms with Gasteiger partial charge in [0.25, 0.3) is 0 Å². The second-order valence-electron chi connectivity index (χ2n) is 6.43. The monoisotopic (exact) mass is 465 g/mol. The molecule has 0 fully saturated rings. The first kappa shape index (κ1) is 28.1. The molecule has 0 aromatic heterocycles. The standard InChI is InChI=1S/C16H27N5O9S/c17-7(1-4-12(24)25)13(26)21-10(6-31)15(28)20-9(5-22)14(27)19-8(16(29)30)2-3-11(18)23/h7-10,22,31H,1-6,17H2,(H2,18,23)(H,19,27)(H,20,28)(H,21,26)(H,24,25)(H,29,30). The van der Waals surface area contributed by atoms with Crippen molar-refractivity contribution >= 4 is 48.2 Å². The first-order chi connectivity index (χ1) is 14.4. The number of rotatable bonds is 15. The third-order valence-electron chi connectivity index (χ3n) is 3.93. The summed E-state index contributed by atoms with van der Waals surface area (Å²) in [6.07, 6.45) is -1.15. The quantitative estimate of drug-likeness (QED) is 0.106. The molecule has 0 heterocycles. The highest BCUT2D eigenvalue weighted by molar-refractivity contribution is 7.80. The van der Waals surface area contributed by atoms with E-state index in [4.69, 9.17) is 21.7 Å². The topological polar surface area (TPSA) is 251 Å². The van der Waals surface area contributed by atoms with E-state index in [0.717, 1.165) is 0 Å². The fourth-order valence-corrected chi connectivity index (χ4v) is 2.42. The largest absolute Gasteiger partial charge is 0.481 e. The molecule has 0 aliphatic rings. The second-order valence-corrected chi connectivity index (χ2v) is 6.80. The van der Waals surface area contributed by atoms with E-state index in [1.54, 1.807) is 0 Å². The van der Waals surface area contributed by atoms with E-state index in [1.165, 1.54) is 0 Å². The number of nitrogens with one attached hydrogen (secondary N) is 3. The van der Waals surface area contributed by atoms with Gasteiger partial charge in [-0.05, 0) is 12.8 Å². The van der Waals surface area contributed by atoms with Gasteiger partial charge in [-0.15, -0.1) is 0 Å². The minimum atomic E-state index is -1.57. The van der Waals surface area contributed by atoms with Crippen LogP contribution in [0.5, 0.6) is 0 Å². The van der Waals surface area contributed by atoms with Gasteiger partial charge in [0.15, 0.2) is 0 Å². The fraction of sp³-hybridized carbons (Fsp3) is 0.625. The average molecular weight is 465 g/mol. The van der Waals surface area contributed by atoms with Crippen molar-refractivity contribution < 1.29 is 44.1 Å². The molecular formula is C16H27N5O9S. The molecule has 0 saturated carbocycles. The van der Waals surface area contributed by atoms with Crippen molar-refractivity contribution in [3.8, 4) is 0 Å². The highest BCUT2D eigenvalue weighted by atomic mass is 32.1. The number of carboxylic acids is 2. The number of carboxylic acid groups (broad SMARTS) is 2. The lowest BCUT2D eigenvalue weighted by Crippen LogP contribution is -2.58. The molecule has 0 spiro atoms. The van der Waals surface area contributed by atoms with E-state index in [0.29, 0.717) is 0 Å². The molecule has 0 radical (unpaired) electrons. The summed E-state index contributed by atoms with van der Waals surface area (Å²) in [7, 11) is 0. The fourth-order valence-electron chi connectivity index (χ4n) is 2.17. The molecule has 4 unspecified atom stereocenters. The smallest absolute Gasteiger partial charge is 0.326 e. The maximum Gasteiger partial charge on any atom is 0.326 e. The maximum absolute atomic E-state index is 12.3. The summed E-state index contributed by atoms with van der Waals surface area (Å²) >= 11 is 3.92. The minimum Gasteiger partial charge on any atom is -0.481 e. The van der Waals surface area contributed by atoms with Crippen LogP contribution in [-0.2, 0) is 28.8 Å². The summed E-state index contributed by atoms with van der Waals surface area (Å²) in [5, 5.41) is 33.5. The molecule has 176 valence electrons. The highest BCUT2D eigenvalue weighted by Gasteiger charge is 2.29. The van der Waals surface area contributed by atoms with Crippen molar-refractivity contribution in [2.75, 3.05) is 12.4 Å². The van der Waals surface area contributed by atoms with Crippen LogP contribution in [0.3, 0.4) is 0 Å². The van der Waals surface area contributed by atoms with E-state index in [1.807, 2.05) is 0 Å². The number of carbonyl (C=O) groups excluding carboxylic acids is 4. The predicted molar refractivity (Wildman–Crippen MR) is 108 cm³/mol. The Balaban J connectivity index is 4.97. The Morgan fingerprint density at radius 2 is 1.32 bits per heavy atom. The second kappa shape index (κ2) is 14.2. The summed E-state index contributed by atoms with van der Waals surface area (Å²) < 4.78 is 0. The lowest BCUT2D eigenvalue weighted by atomic mass is 10.1. The molecule has 0 bridgehead atoms. The summed E-state index contributed by atoms with van der Waals surface area (Å²) in [6.45, 7) is -0.898. The zero-order valence-corrected chi connectivity index (χ0v) is 17.3. The van der Waals surface area contributed by atoms with E-state index in [9.17, 15) is 33.9 Å². The molecular weight excluding hydrogens is 438 g/mol. The van der Waals surface area contributed by atoms with Gasteiger partial charge in [0.1, 0.15) is 18.1 Å². The molecule has 0 aromatic rings. The van der Waals surface area contributed by atoms with Crippen molar-refractivity contribution in [1.29, 1.82) is 0 Å². The van der Waals surface area contributed by atoms with Crippen molar-refractivity contribution in [1.82, 2.24) is 16.0 Å². The Hall–Kier alpha value is -2.91. The van der Waals surface area contributed by atoms with Crippen molar-refractivity contribution in [2.45, 2.75) is 49.9 Å². The van der Waals surface area contributed by atoms with Gasteiger partial charge in [-0.3, -0.25) is 24.0 Å². The van der Waals surface area contributed by atoms with Crippen LogP contribution in [0, 0.1) is 0 Å². The number of primary amides is 1. The number of thiol groups is 1. The number of hydrogen-bond acceptors (Lipinski definition) is 9. The zero-order chi connectivity index (χ0) is 24.1. The van der Waals surface area contributed by atoms with Gasteiger partial charge in [-0.1, -0.05) is 0 Å². The van der Waals surface area contributed by atoms with Gasteiger partial charge in [0.2, 0.25) is 23.6 Å². The predicted octanol–water partition coefficient (Wildman–Crippen LogP) is -4.09. The zero-order valence-electron chi connectivity index (χ0n) is 16.4. The molecule has 0 aliphatic carbocycles. The first-order valence-electron chi connectivity index (χ1n) is 9.04. The van der Waals surface area contributed by atoms with Gasteiger partial charge in [-0.2, -0.15) is 12.6 Å². The molecule has 4 amide bonds. The number of nitrogens with two attached hydrogens (primary N) is 2. The van der Waals surface area contributed by atoms with Crippen LogP contribution in [0.25, 0.3) is 0 Å². The highest BCUT2D eigenvalue weighted by Crippen LogP contribution is 2.00. The van der Waals surface area contributed by atoms with Crippen molar-refractivity contribution in [3.05, 3.63) is 0 Å². The molecule has 4 atom stereocenters. The van der Waals surface area contributed by atoms with Crippen LogP contribution in [0.4, 0.5) is 0 Å². The average Bonchev–Trinajstić information content (AvgIpc) is 2.70. The van der Waals surface area contributed by atoms with Crippen molar-refractivity contribution in [2.24, 2.45) is 11.5 Å². The SMILES string of the molecule is NC(=O)CCC(NC(=O)C(CO)NC(=O)C(CS)NC(=O)C(N)CCC(=O)O)C(=O)O. The number of carbonyl (C=O) groups is 6. The number of aliphatic hydroxyl groups excluding tert-OH is 1. The van der Waals surface area contributed by atoms with Crippen LogP contribution in [0.2, 0.25) is 0 Å². The van der Waals surface area contributed by atoms with Gasteiger partial charge in [0, 0.05) is 18.6 Å². The molecule has 14 nitrogen and oxygen atoms in total. The maximum atomic E-state index is 12.3. The van der Waals surface area contributed by atoms with Crippen molar-refractivity contribution in [3.63, 3.8) is 0 Å². The van der Waals surface area contributed by atoms with Crippen LogP contribution in [0.1, 0.15) is 25.7 Å². The van der Waals surface area contributed by atoms with Crippen LogP contribution < -0.4 is 27.4 Å². The van der Waals surface area contributed by atoms with Gasteiger partial charge < -0.3 is 42.7 Å². The first-order valence-corrected chi connectivity index (χ1v) is 9.67. The van der Waals surface area contributed by atoms with E-state index >= 15 is 0 Å². The Labute approximate surface area is 182 Å². The lowest BCUT2D eigenvalue weighted by molar-refractivity contribution is -0.143. The normalized spacial score (nSPS) is 14.4. The molecule has 31 heavy (non-hydrogen) atoms. The number of amides is 4. The van der Waals surface area contributed by atoms with Crippen LogP contribution in [0.15, 0.2) is 0 Å². The Bertz CT molecular complexity index is 690. The summed E-state index contributed by atoms with van der Waals surface area (Å²) in [5.41, 5.74) is 10.5. The van der Waals surface area contributed by atoms with E-state index in [2.05, 4.69) is 28.6 Å².